The van der Waals surface area contributed by atoms with E-state index in [0.29, 0.717) is 12.0 Å². The topological polar surface area (TPSA) is 104 Å². The predicted octanol–water partition coefficient (Wildman–Crippen LogP) is 0.447. The van der Waals surface area contributed by atoms with Gasteiger partial charge in [0.1, 0.15) is 6.54 Å². The molecule has 0 saturated heterocycles. The molecule has 102 valence electrons. The van der Waals surface area contributed by atoms with Crippen molar-refractivity contribution in [2.45, 2.75) is 19.3 Å². The van der Waals surface area contributed by atoms with Crippen molar-refractivity contribution in [3.63, 3.8) is 0 Å². The molecule has 0 fully saturated rings. The maximum Gasteiger partial charge on any atom is 0.322 e. The van der Waals surface area contributed by atoms with Gasteiger partial charge in [0, 0.05) is 6.42 Å². The SMILES string of the molecule is O=C(O)CCc1ccccc1CC(=O)NCC(=O)O. The average Bonchev–Trinajstić information content (AvgIpc) is 2.35. The van der Waals surface area contributed by atoms with Gasteiger partial charge in [-0.1, -0.05) is 24.3 Å². The summed E-state index contributed by atoms with van der Waals surface area (Å²) in [6, 6.07) is 7.03. The summed E-state index contributed by atoms with van der Waals surface area (Å²) in [5.41, 5.74) is 1.50. The van der Waals surface area contributed by atoms with Crippen LogP contribution in [-0.2, 0) is 27.2 Å². The largest absolute Gasteiger partial charge is 0.481 e. The molecule has 0 heterocycles. The second-order valence-corrected chi connectivity index (χ2v) is 4.01. The van der Waals surface area contributed by atoms with E-state index in [0.717, 1.165) is 5.56 Å². The number of hydrogen-bond acceptors (Lipinski definition) is 3. The molecule has 1 aromatic carbocycles. The summed E-state index contributed by atoms with van der Waals surface area (Å²) < 4.78 is 0. The minimum absolute atomic E-state index is 0.00619. The van der Waals surface area contributed by atoms with Gasteiger partial charge in [-0.3, -0.25) is 14.4 Å². The zero-order valence-corrected chi connectivity index (χ0v) is 10.3. The lowest BCUT2D eigenvalue weighted by molar-refractivity contribution is -0.138. The van der Waals surface area contributed by atoms with E-state index < -0.39 is 24.4 Å². The molecule has 1 amide bonds. The van der Waals surface area contributed by atoms with E-state index >= 15 is 0 Å². The Bertz CT molecular complexity index is 484. The lowest BCUT2D eigenvalue weighted by atomic mass is 10.0. The molecule has 3 N–H and O–H groups in total. The summed E-state index contributed by atoms with van der Waals surface area (Å²) in [6.07, 6.45) is 0.383. The van der Waals surface area contributed by atoms with Crippen molar-refractivity contribution in [2.75, 3.05) is 6.54 Å². The molecule has 0 unspecified atom stereocenters. The van der Waals surface area contributed by atoms with E-state index in [1.807, 2.05) is 0 Å². The van der Waals surface area contributed by atoms with E-state index in [4.69, 9.17) is 10.2 Å². The van der Waals surface area contributed by atoms with Crippen LogP contribution in [0.4, 0.5) is 0 Å². The van der Waals surface area contributed by atoms with Gasteiger partial charge in [-0.05, 0) is 17.5 Å². The number of carboxylic acid groups (broad SMARTS) is 2. The standard InChI is InChI=1S/C13H15NO5/c15-11(14-8-13(18)19)7-10-4-2-1-3-9(10)5-6-12(16)17/h1-4H,5-8H2,(H,14,15)(H,16,17)(H,18,19). The van der Waals surface area contributed by atoms with Gasteiger partial charge in [-0.25, -0.2) is 0 Å². The number of nitrogens with one attached hydrogen (secondary N) is 1. The first-order valence-corrected chi connectivity index (χ1v) is 5.76. The van der Waals surface area contributed by atoms with Gasteiger partial charge >= 0.3 is 11.9 Å². The molecule has 0 atom stereocenters. The fraction of sp³-hybridized carbons (Fsp3) is 0.308. The van der Waals surface area contributed by atoms with Crippen molar-refractivity contribution in [1.82, 2.24) is 5.32 Å². The van der Waals surface area contributed by atoms with Crippen LogP contribution in [0, 0.1) is 0 Å². The van der Waals surface area contributed by atoms with Crippen LogP contribution in [0.2, 0.25) is 0 Å². The normalized spacial score (nSPS) is 9.89. The maximum atomic E-state index is 11.5. The van der Waals surface area contributed by atoms with Gasteiger partial charge in [-0.2, -0.15) is 0 Å². The lowest BCUT2D eigenvalue weighted by Crippen LogP contribution is -2.30. The Hall–Kier alpha value is -2.37. The van der Waals surface area contributed by atoms with E-state index in [1.165, 1.54) is 0 Å². The van der Waals surface area contributed by atoms with E-state index in [-0.39, 0.29) is 12.8 Å². The Balaban J connectivity index is 2.64. The van der Waals surface area contributed by atoms with Gasteiger partial charge in [-0.15, -0.1) is 0 Å². The highest BCUT2D eigenvalue weighted by molar-refractivity contribution is 5.83. The fourth-order valence-corrected chi connectivity index (χ4v) is 1.63. The highest BCUT2D eigenvalue weighted by Gasteiger charge is 2.09. The van der Waals surface area contributed by atoms with Crippen LogP contribution in [0.1, 0.15) is 17.5 Å². The third kappa shape index (κ3) is 5.67. The Morgan fingerprint density at radius 1 is 1.00 bits per heavy atom. The monoisotopic (exact) mass is 265 g/mol. The summed E-state index contributed by atoms with van der Waals surface area (Å²) in [6.45, 7) is -0.421. The summed E-state index contributed by atoms with van der Waals surface area (Å²) >= 11 is 0. The van der Waals surface area contributed by atoms with Crippen molar-refractivity contribution in [2.24, 2.45) is 0 Å². The van der Waals surface area contributed by atoms with Gasteiger partial charge in [0.2, 0.25) is 5.91 Å². The van der Waals surface area contributed by atoms with Crippen molar-refractivity contribution in [1.29, 1.82) is 0 Å². The Morgan fingerprint density at radius 2 is 1.63 bits per heavy atom. The van der Waals surface area contributed by atoms with Crippen LogP contribution in [-0.4, -0.2) is 34.6 Å². The van der Waals surface area contributed by atoms with Crippen molar-refractivity contribution < 1.29 is 24.6 Å². The molecule has 1 rings (SSSR count). The van der Waals surface area contributed by atoms with Crippen LogP contribution in [0.15, 0.2) is 24.3 Å². The van der Waals surface area contributed by atoms with Crippen LogP contribution in [0.25, 0.3) is 0 Å². The second-order valence-electron chi connectivity index (χ2n) is 4.01. The summed E-state index contributed by atoms with van der Waals surface area (Å²) in [4.78, 5) is 32.4. The van der Waals surface area contributed by atoms with Gasteiger partial charge < -0.3 is 15.5 Å². The summed E-state index contributed by atoms with van der Waals surface area (Å²) in [5.74, 6) is -2.40. The molecule has 6 nitrogen and oxygen atoms in total. The van der Waals surface area contributed by atoms with E-state index in [2.05, 4.69) is 5.32 Å². The smallest absolute Gasteiger partial charge is 0.322 e. The van der Waals surface area contributed by atoms with Crippen molar-refractivity contribution in [3.05, 3.63) is 35.4 Å². The number of aliphatic carboxylic acids is 2. The van der Waals surface area contributed by atoms with Gasteiger partial charge in [0.15, 0.2) is 0 Å². The number of benzene rings is 1. The highest BCUT2D eigenvalue weighted by atomic mass is 16.4. The fourth-order valence-electron chi connectivity index (χ4n) is 1.63. The number of aryl methyl sites for hydroxylation is 1. The maximum absolute atomic E-state index is 11.5. The minimum Gasteiger partial charge on any atom is -0.481 e. The Morgan fingerprint density at radius 3 is 2.21 bits per heavy atom. The van der Waals surface area contributed by atoms with Gasteiger partial charge in [0.05, 0.1) is 6.42 Å². The molecule has 0 saturated carbocycles. The first-order chi connectivity index (χ1) is 8.99. The number of carbonyl (C=O) groups excluding carboxylic acids is 1. The molecule has 0 bridgehead atoms. The quantitative estimate of drug-likeness (QED) is 0.664. The second kappa shape index (κ2) is 7.15. The summed E-state index contributed by atoms with van der Waals surface area (Å²) in [7, 11) is 0. The van der Waals surface area contributed by atoms with Gasteiger partial charge in [0.25, 0.3) is 0 Å². The van der Waals surface area contributed by atoms with E-state index in [9.17, 15) is 14.4 Å². The average molecular weight is 265 g/mol. The Kier molecular flexibility index (Phi) is 5.53. The molecule has 0 aromatic heterocycles. The first kappa shape index (κ1) is 14.7. The molecule has 1 aromatic rings. The number of rotatable bonds is 7. The summed E-state index contributed by atoms with van der Waals surface area (Å²) in [5, 5.41) is 19.4. The number of amides is 1. The Labute approximate surface area is 110 Å². The van der Waals surface area contributed by atoms with Crippen molar-refractivity contribution >= 4 is 17.8 Å². The lowest BCUT2D eigenvalue weighted by Gasteiger charge is -2.08. The first-order valence-electron chi connectivity index (χ1n) is 5.76. The molecule has 0 radical (unpaired) electrons. The number of hydrogen-bond donors (Lipinski definition) is 3. The minimum atomic E-state index is -1.10. The molecule has 0 aliphatic carbocycles. The molecular formula is C13H15NO5. The molecule has 0 spiro atoms. The number of carboxylic acids is 2. The van der Waals surface area contributed by atoms with E-state index in [1.54, 1.807) is 24.3 Å². The van der Waals surface area contributed by atoms with Crippen LogP contribution in [0.3, 0.4) is 0 Å². The molecular weight excluding hydrogens is 250 g/mol. The van der Waals surface area contributed by atoms with Crippen molar-refractivity contribution in [3.8, 4) is 0 Å². The third-order valence-corrected chi connectivity index (χ3v) is 2.51. The molecule has 6 heteroatoms. The highest BCUT2D eigenvalue weighted by Crippen LogP contribution is 2.12. The molecule has 19 heavy (non-hydrogen) atoms. The molecule has 0 aliphatic heterocycles. The number of carbonyl (C=O) groups is 3. The zero-order chi connectivity index (χ0) is 14.3. The third-order valence-electron chi connectivity index (χ3n) is 2.51. The predicted molar refractivity (Wildman–Crippen MR) is 66.7 cm³/mol. The van der Waals surface area contributed by atoms with Crippen LogP contribution >= 0.6 is 0 Å². The van der Waals surface area contributed by atoms with Crippen LogP contribution in [0.5, 0.6) is 0 Å². The molecule has 0 aliphatic rings. The van der Waals surface area contributed by atoms with Crippen LogP contribution < -0.4 is 5.32 Å². The zero-order valence-electron chi connectivity index (χ0n) is 10.3.